The van der Waals surface area contributed by atoms with Gasteiger partial charge in [-0.1, -0.05) is 0 Å². The highest BCUT2D eigenvalue weighted by molar-refractivity contribution is 5.25. The highest BCUT2D eigenvalue weighted by atomic mass is 16.7. The SMILES string of the molecule is c1cnc(N2CON=N2)nc1. The average molecular weight is 151 g/mol. The number of anilines is 1. The molecular weight excluding hydrogens is 146 g/mol. The number of nitrogens with zero attached hydrogens (tertiary/aromatic N) is 5. The molecule has 0 N–H and O–H groups in total. The van der Waals surface area contributed by atoms with Gasteiger partial charge in [0.05, 0.1) is 0 Å². The topological polar surface area (TPSA) is 63.0 Å². The van der Waals surface area contributed by atoms with Crippen molar-refractivity contribution in [3.8, 4) is 0 Å². The molecule has 1 aromatic heterocycles. The Kier molecular flexibility index (Phi) is 1.36. The largest absolute Gasteiger partial charge is 0.354 e. The van der Waals surface area contributed by atoms with E-state index in [1.807, 2.05) is 0 Å². The maximum Gasteiger partial charge on any atom is 0.250 e. The zero-order chi connectivity index (χ0) is 7.52. The normalized spacial score (nSPS) is 15.1. The van der Waals surface area contributed by atoms with E-state index in [4.69, 9.17) is 0 Å². The highest BCUT2D eigenvalue weighted by Gasteiger charge is 2.12. The van der Waals surface area contributed by atoms with Crippen LogP contribution in [-0.2, 0) is 4.84 Å². The zero-order valence-corrected chi connectivity index (χ0v) is 5.58. The third-order valence-electron chi connectivity index (χ3n) is 1.17. The molecule has 0 aliphatic carbocycles. The first kappa shape index (κ1) is 6.02. The average Bonchev–Trinajstić information content (AvgIpc) is 2.58. The maximum absolute atomic E-state index is 4.62. The fraction of sp³-hybridized carbons (Fsp3) is 0.200. The Morgan fingerprint density at radius 2 is 2.18 bits per heavy atom. The predicted molar refractivity (Wildman–Crippen MR) is 35.3 cm³/mol. The molecule has 0 radical (unpaired) electrons. The Labute approximate surface area is 62.5 Å². The van der Waals surface area contributed by atoms with E-state index in [0.717, 1.165) is 0 Å². The molecule has 0 unspecified atom stereocenters. The summed E-state index contributed by atoms with van der Waals surface area (Å²) in [6.07, 6.45) is 3.27. The van der Waals surface area contributed by atoms with Crippen molar-refractivity contribution in [1.82, 2.24) is 9.97 Å². The molecule has 6 heteroatoms. The summed E-state index contributed by atoms with van der Waals surface area (Å²) in [5.41, 5.74) is 0. The lowest BCUT2D eigenvalue weighted by atomic mass is 10.7. The van der Waals surface area contributed by atoms with E-state index >= 15 is 0 Å². The Bertz CT molecular complexity index is 261. The summed E-state index contributed by atoms with van der Waals surface area (Å²) in [4.78, 5) is 12.5. The summed E-state index contributed by atoms with van der Waals surface area (Å²) in [5, 5.41) is 8.39. The van der Waals surface area contributed by atoms with Gasteiger partial charge in [-0.3, -0.25) is 0 Å². The van der Waals surface area contributed by atoms with Crippen LogP contribution in [0.4, 0.5) is 5.95 Å². The number of rotatable bonds is 1. The van der Waals surface area contributed by atoms with Crippen LogP contribution in [0.1, 0.15) is 0 Å². The number of hydrogen-bond acceptors (Lipinski definition) is 6. The molecule has 0 amide bonds. The minimum Gasteiger partial charge on any atom is -0.354 e. The van der Waals surface area contributed by atoms with Gasteiger partial charge in [0, 0.05) is 17.7 Å². The van der Waals surface area contributed by atoms with Crippen LogP contribution in [0.15, 0.2) is 29.0 Å². The van der Waals surface area contributed by atoms with Crippen LogP contribution in [0.2, 0.25) is 0 Å². The van der Waals surface area contributed by atoms with Gasteiger partial charge in [0.2, 0.25) is 6.73 Å². The molecule has 6 nitrogen and oxygen atoms in total. The Morgan fingerprint density at radius 1 is 1.36 bits per heavy atom. The van der Waals surface area contributed by atoms with E-state index < -0.39 is 0 Å². The molecular formula is C5H5N5O. The van der Waals surface area contributed by atoms with E-state index in [9.17, 15) is 0 Å². The fourth-order valence-corrected chi connectivity index (χ4v) is 0.698. The second-order valence-electron chi connectivity index (χ2n) is 1.88. The van der Waals surface area contributed by atoms with Gasteiger partial charge >= 0.3 is 0 Å². The molecule has 0 spiro atoms. The van der Waals surface area contributed by atoms with Gasteiger partial charge in [-0.15, -0.1) is 0 Å². The predicted octanol–water partition coefficient (Wildman–Crippen LogP) is 0.553. The molecule has 11 heavy (non-hydrogen) atoms. The van der Waals surface area contributed by atoms with E-state index in [1.54, 1.807) is 18.5 Å². The van der Waals surface area contributed by atoms with Gasteiger partial charge in [-0.05, 0) is 11.3 Å². The minimum atomic E-state index is 0.282. The molecule has 1 aliphatic heterocycles. The number of hydrogen-bond donors (Lipinski definition) is 0. The van der Waals surface area contributed by atoms with Crippen molar-refractivity contribution in [2.75, 3.05) is 11.7 Å². The van der Waals surface area contributed by atoms with Crippen molar-refractivity contribution in [3.05, 3.63) is 18.5 Å². The standard InChI is InChI=1S/C5H5N5O/c1-2-6-5(7-3-1)10-4-11-9-8-10/h1-3H,4H2. The molecule has 1 aliphatic rings. The van der Waals surface area contributed by atoms with Crippen molar-refractivity contribution in [2.45, 2.75) is 0 Å². The summed E-state index contributed by atoms with van der Waals surface area (Å²) < 4.78 is 0. The van der Waals surface area contributed by atoms with E-state index in [2.05, 4.69) is 25.3 Å². The van der Waals surface area contributed by atoms with Crippen molar-refractivity contribution in [1.29, 1.82) is 0 Å². The lowest BCUT2D eigenvalue weighted by molar-refractivity contribution is 0.170. The van der Waals surface area contributed by atoms with Crippen LogP contribution >= 0.6 is 0 Å². The van der Waals surface area contributed by atoms with Gasteiger partial charge in [0.1, 0.15) is 0 Å². The van der Waals surface area contributed by atoms with Gasteiger partial charge in [-0.2, -0.15) is 5.01 Å². The van der Waals surface area contributed by atoms with E-state index in [-0.39, 0.29) is 6.73 Å². The quantitative estimate of drug-likeness (QED) is 0.588. The Hall–Kier alpha value is -1.72. The van der Waals surface area contributed by atoms with Crippen molar-refractivity contribution in [2.24, 2.45) is 10.5 Å². The molecule has 2 rings (SSSR count). The second kappa shape index (κ2) is 2.49. The molecule has 0 saturated heterocycles. The minimum absolute atomic E-state index is 0.282. The summed E-state index contributed by atoms with van der Waals surface area (Å²) in [6.45, 7) is 0.282. The van der Waals surface area contributed by atoms with Crippen molar-refractivity contribution < 1.29 is 4.84 Å². The summed E-state index contributed by atoms with van der Waals surface area (Å²) in [7, 11) is 0. The first-order chi connectivity index (χ1) is 5.47. The van der Waals surface area contributed by atoms with Crippen molar-refractivity contribution in [3.63, 3.8) is 0 Å². The second-order valence-corrected chi connectivity index (χ2v) is 1.88. The zero-order valence-electron chi connectivity index (χ0n) is 5.58. The van der Waals surface area contributed by atoms with Gasteiger partial charge in [0.15, 0.2) is 0 Å². The third kappa shape index (κ3) is 1.09. The molecule has 1 aromatic rings. The number of aromatic nitrogens is 2. The Morgan fingerprint density at radius 3 is 2.82 bits per heavy atom. The van der Waals surface area contributed by atoms with Gasteiger partial charge in [-0.25, -0.2) is 9.97 Å². The fourth-order valence-electron chi connectivity index (χ4n) is 0.698. The van der Waals surface area contributed by atoms with E-state index in [0.29, 0.717) is 5.95 Å². The highest BCUT2D eigenvalue weighted by Crippen LogP contribution is 2.09. The first-order valence-corrected chi connectivity index (χ1v) is 3.04. The smallest absolute Gasteiger partial charge is 0.250 e. The monoisotopic (exact) mass is 151 g/mol. The maximum atomic E-state index is 4.62. The van der Waals surface area contributed by atoms with Crippen LogP contribution in [-0.4, -0.2) is 16.7 Å². The van der Waals surface area contributed by atoms with Crippen LogP contribution in [0, 0.1) is 0 Å². The van der Waals surface area contributed by atoms with Crippen molar-refractivity contribution >= 4 is 5.95 Å². The molecule has 2 heterocycles. The molecule has 0 fully saturated rings. The van der Waals surface area contributed by atoms with Crippen LogP contribution in [0.5, 0.6) is 0 Å². The van der Waals surface area contributed by atoms with E-state index in [1.165, 1.54) is 5.01 Å². The molecule has 0 aromatic carbocycles. The van der Waals surface area contributed by atoms with Crippen LogP contribution in [0.25, 0.3) is 0 Å². The summed E-state index contributed by atoms with van der Waals surface area (Å²) in [6, 6.07) is 1.73. The lowest BCUT2D eigenvalue weighted by Gasteiger charge is -2.04. The van der Waals surface area contributed by atoms with Gasteiger partial charge in [0.25, 0.3) is 5.95 Å². The Balaban J connectivity index is 2.23. The molecule has 0 saturated carbocycles. The van der Waals surface area contributed by atoms with Crippen LogP contribution < -0.4 is 5.01 Å². The summed E-state index contributed by atoms with van der Waals surface area (Å²) >= 11 is 0. The summed E-state index contributed by atoms with van der Waals surface area (Å²) in [5.74, 6) is 0.494. The molecule has 56 valence electrons. The van der Waals surface area contributed by atoms with Gasteiger partial charge < -0.3 is 4.84 Å². The molecule has 0 atom stereocenters. The first-order valence-electron chi connectivity index (χ1n) is 3.04. The lowest BCUT2D eigenvalue weighted by Crippen LogP contribution is -2.15. The van der Waals surface area contributed by atoms with Crippen LogP contribution in [0.3, 0.4) is 0 Å². The molecule has 0 bridgehead atoms. The third-order valence-corrected chi connectivity index (χ3v) is 1.17.